The molecule has 0 amide bonds. The van der Waals surface area contributed by atoms with Crippen LogP contribution in [0.4, 0.5) is 5.82 Å². The number of anilines is 1. The Hall–Kier alpha value is -1.85. The van der Waals surface area contributed by atoms with Gasteiger partial charge in [-0.05, 0) is 30.9 Å². The smallest absolute Gasteiger partial charge is 0.364 e. The molecule has 0 saturated heterocycles. The molecule has 0 aliphatic heterocycles. The minimum Gasteiger partial charge on any atom is -0.366 e. The standard InChI is InChI=1S/C13H19N5O/c1-2-9-5-3-4-6-10(9)14-11-7-8-12-15-16-13(19)18(12)17-11/h7-10H,2-6H2,1H3,(H,14,17)(H,16,19). The van der Waals surface area contributed by atoms with Crippen LogP contribution in [0, 0.1) is 5.92 Å². The van der Waals surface area contributed by atoms with Crippen LogP contribution in [-0.2, 0) is 0 Å². The van der Waals surface area contributed by atoms with E-state index in [9.17, 15) is 4.79 Å². The van der Waals surface area contributed by atoms with Crippen molar-refractivity contribution < 1.29 is 0 Å². The number of hydrogen-bond donors (Lipinski definition) is 2. The highest BCUT2D eigenvalue weighted by Gasteiger charge is 2.23. The van der Waals surface area contributed by atoms with Gasteiger partial charge in [-0.25, -0.2) is 9.89 Å². The molecular formula is C13H19N5O. The van der Waals surface area contributed by atoms with Crippen molar-refractivity contribution in [3.8, 4) is 0 Å². The Morgan fingerprint density at radius 2 is 2.26 bits per heavy atom. The van der Waals surface area contributed by atoms with E-state index in [1.54, 1.807) is 6.07 Å². The van der Waals surface area contributed by atoms with Crippen molar-refractivity contribution in [2.45, 2.75) is 45.1 Å². The van der Waals surface area contributed by atoms with Crippen molar-refractivity contribution in [2.75, 3.05) is 5.32 Å². The molecule has 0 spiro atoms. The second kappa shape index (κ2) is 5.03. The predicted octanol–water partition coefficient (Wildman–Crippen LogP) is 1.80. The third kappa shape index (κ3) is 2.34. The van der Waals surface area contributed by atoms with E-state index < -0.39 is 0 Å². The van der Waals surface area contributed by atoms with Gasteiger partial charge in [0.1, 0.15) is 5.82 Å². The number of hydrogen-bond acceptors (Lipinski definition) is 4. The molecule has 1 fully saturated rings. The van der Waals surface area contributed by atoms with Gasteiger partial charge in [-0.1, -0.05) is 26.2 Å². The van der Waals surface area contributed by atoms with E-state index in [4.69, 9.17) is 0 Å². The molecule has 1 aliphatic carbocycles. The van der Waals surface area contributed by atoms with Gasteiger partial charge in [0.05, 0.1) is 0 Å². The Morgan fingerprint density at radius 1 is 1.42 bits per heavy atom. The average Bonchev–Trinajstić information content (AvgIpc) is 2.81. The summed E-state index contributed by atoms with van der Waals surface area (Å²) in [5.74, 6) is 1.45. The zero-order valence-corrected chi connectivity index (χ0v) is 11.1. The second-order valence-electron chi connectivity index (χ2n) is 5.22. The minimum absolute atomic E-state index is 0.297. The van der Waals surface area contributed by atoms with Crippen molar-refractivity contribution in [3.05, 3.63) is 22.6 Å². The van der Waals surface area contributed by atoms with Crippen LogP contribution < -0.4 is 11.0 Å². The maximum absolute atomic E-state index is 11.5. The summed E-state index contributed by atoms with van der Waals surface area (Å²) < 4.78 is 1.30. The lowest BCUT2D eigenvalue weighted by molar-refractivity contribution is 0.316. The molecule has 102 valence electrons. The van der Waals surface area contributed by atoms with E-state index in [1.165, 1.54) is 36.6 Å². The Balaban J connectivity index is 1.83. The van der Waals surface area contributed by atoms with E-state index in [0.717, 1.165) is 5.82 Å². The molecule has 0 bridgehead atoms. The Kier molecular flexibility index (Phi) is 3.23. The minimum atomic E-state index is -0.297. The summed E-state index contributed by atoms with van der Waals surface area (Å²) >= 11 is 0. The lowest BCUT2D eigenvalue weighted by Crippen LogP contribution is -2.32. The molecule has 6 heteroatoms. The monoisotopic (exact) mass is 261 g/mol. The maximum Gasteiger partial charge on any atom is 0.364 e. The first-order valence-corrected chi connectivity index (χ1v) is 6.99. The molecule has 0 aromatic carbocycles. The van der Waals surface area contributed by atoms with Gasteiger partial charge in [-0.3, -0.25) is 0 Å². The van der Waals surface area contributed by atoms with Gasteiger partial charge in [0, 0.05) is 6.04 Å². The van der Waals surface area contributed by atoms with Gasteiger partial charge in [0.15, 0.2) is 5.65 Å². The molecule has 2 atom stereocenters. The number of aromatic amines is 1. The molecule has 0 radical (unpaired) electrons. The van der Waals surface area contributed by atoms with Crippen LogP contribution >= 0.6 is 0 Å². The summed E-state index contributed by atoms with van der Waals surface area (Å²) in [7, 11) is 0. The molecular weight excluding hydrogens is 242 g/mol. The fourth-order valence-corrected chi connectivity index (χ4v) is 2.96. The van der Waals surface area contributed by atoms with E-state index >= 15 is 0 Å². The summed E-state index contributed by atoms with van der Waals surface area (Å²) in [4.78, 5) is 11.5. The maximum atomic E-state index is 11.5. The van der Waals surface area contributed by atoms with Crippen molar-refractivity contribution >= 4 is 11.5 Å². The molecule has 6 nitrogen and oxygen atoms in total. The molecule has 1 aliphatic rings. The van der Waals surface area contributed by atoms with Crippen molar-refractivity contribution in [1.82, 2.24) is 19.8 Å². The highest BCUT2D eigenvalue weighted by Crippen LogP contribution is 2.28. The van der Waals surface area contributed by atoms with Crippen LogP contribution in [0.25, 0.3) is 5.65 Å². The summed E-state index contributed by atoms with van der Waals surface area (Å²) in [6.45, 7) is 2.24. The van der Waals surface area contributed by atoms with Crippen molar-refractivity contribution in [2.24, 2.45) is 5.92 Å². The van der Waals surface area contributed by atoms with Gasteiger partial charge in [0.25, 0.3) is 0 Å². The summed E-state index contributed by atoms with van der Waals surface area (Å²) in [6.07, 6.45) is 6.23. The highest BCUT2D eigenvalue weighted by atomic mass is 16.2. The fraction of sp³-hybridized carbons (Fsp3) is 0.615. The van der Waals surface area contributed by atoms with Gasteiger partial charge in [0.2, 0.25) is 0 Å². The fourth-order valence-electron chi connectivity index (χ4n) is 2.96. The van der Waals surface area contributed by atoms with Gasteiger partial charge < -0.3 is 5.32 Å². The van der Waals surface area contributed by atoms with Crippen LogP contribution in [0.5, 0.6) is 0 Å². The van der Waals surface area contributed by atoms with E-state index in [1.807, 2.05) is 6.07 Å². The number of nitrogens with one attached hydrogen (secondary N) is 2. The third-order valence-corrected chi connectivity index (χ3v) is 4.04. The average molecular weight is 261 g/mol. The normalized spacial score (nSPS) is 23.6. The largest absolute Gasteiger partial charge is 0.366 e. The Labute approximate surface area is 111 Å². The Morgan fingerprint density at radius 3 is 3.11 bits per heavy atom. The van der Waals surface area contributed by atoms with E-state index in [-0.39, 0.29) is 5.69 Å². The van der Waals surface area contributed by atoms with E-state index in [0.29, 0.717) is 17.6 Å². The summed E-state index contributed by atoms with van der Waals surface area (Å²) in [6, 6.07) is 4.15. The van der Waals surface area contributed by atoms with Crippen molar-refractivity contribution in [3.63, 3.8) is 0 Å². The Bertz CT molecular complexity index is 617. The van der Waals surface area contributed by atoms with Gasteiger partial charge in [-0.15, -0.1) is 5.10 Å². The number of rotatable bonds is 3. The van der Waals surface area contributed by atoms with Crippen molar-refractivity contribution in [1.29, 1.82) is 0 Å². The van der Waals surface area contributed by atoms with Crippen LogP contribution in [0.1, 0.15) is 39.0 Å². The molecule has 2 aromatic heterocycles. The number of fused-ring (bicyclic) bond motifs is 1. The molecule has 2 N–H and O–H groups in total. The predicted molar refractivity (Wildman–Crippen MR) is 73.3 cm³/mol. The zero-order chi connectivity index (χ0) is 13.2. The number of H-pyrrole nitrogens is 1. The van der Waals surface area contributed by atoms with Crippen LogP contribution in [0.15, 0.2) is 16.9 Å². The number of aromatic nitrogens is 4. The first-order chi connectivity index (χ1) is 9.28. The van der Waals surface area contributed by atoms with Crippen LogP contribution in [0.3, 0.4) is 0 Å². The molecule has 19 heavy (non-hydrogen) atoms. The SMILES string of the molecule is CCC1CCCCC1Nc1ccc2n[nH]c(=O)n2n1. The first-order valence-electron chi connectivity index (χ1n) is 6.99. The molecule has 2 unspecified atom stereocenters. The first kappa shape index (κ1) is 12.2. The molecule has 1 saturated carbocycles. The highest BCUT2D eigenvalue weighted by molar-refractivity contribution is 5.43. The molecule has 2 aromatic rings. The third-order valence-electron chi connectivity index (χ3n) is 4.04. The van der Waals surface area contributed by atoms with Gasteiger partial charge in [-0.2, -0.15) is 9.61 Å². The van der Waals surface area contributed by atoms with E-state index in [2.05, 4.69) is 27.5 Å². The van der Waals surface area contributed by atoms with Gasteiger partial charge >= 0.3 is 5.69 Å². The van der Waals surface area contributed by atoms with Crippen LogP contribution in [-0.4, -0.2) is 25.9 Å². The lowest BCUT2D eigenvalue weighted by Gasteiger charge is -2.31. The zero-order valence-electron chi connectivity index (χ0n) is 11.1. The second-order valence-corrected chi connectivity index (χ2v) is 5.22. The molecule has 3 rings (SSSR count). The lowest BCUT2D eigenvalue weighted by atomic mass is 9.83. The number of nitrogens with zero attached hydrogens (tertiary/aromatic N) is 3. The summed E-state index contributed by atoms with van der Waals surface area (Å²) in [5, 5.41) is 14.0. The summed E-state index contributed by atoms with van der Waals surface area (Å²) in [5.41, 5.74) is 0.251. The topological polar surface area (TPSA) is 75.1 Å². The van der Waals surface area contributed by atoms with Crippen LogP contribution in [0.2, 0.25) is 0 Å². The molecule has 2 heterocycles. The quantitative estimate of drug-likeness (QED) is 0.883.